The van der Waals surface area contributed by atoms with Crippen molar-refractivity contribution < 1.29 is 4.79 Å². The number of amides is 1. The Labute approximate surface area is 105 Å². The van der Waals surface area contributed by atoms with Crippen molar-refractivity contribution in [1.82, 2.24) is 15.1 Å². The van der Waals surface area contributed by atoms with Crippen LogP contribution in [-0.4, -0.2) is 61.0 Å². The average molecular weight is 241 g/mol. The molecule has 0 aliphatic carbocycles. The minimum Gasteiger partial charge on any atom is -0.341 e. The van der Waals surface area contributed by atoms with E-state index in [4.69, 9.17) is 0 Å². The Morgan fingerprint density at radius 1 is 1.29 bits per heavy atom. The third kappa shape index (κ3) is 5.04. The van der Waals surface area contributed by atoms with Gasteiger partial charge in [0.2, 0.25) is 5.91 Å². The normalized spacial score (nSPS) is 18.8. The molecule has 1 heterocycles. The summed E-state index contributed by atoms with van der Waals surface area (Å²) in [5.41, 5.74) is 0.0115. The first-order valence-corrected chi connectivity index (χ1v) is 6.49. The van der Waals surface area contributed by atoms with Gasteiger partial charge in [0, 0.05) is 24.7 Å². The first-order chi connectivity index (χ1) is 7.79. The quantitative estimate of drug-likeness (QED) is 0.798. The van der Waals surface area contributed by atoms with Gasteiger partial charge in [-0.2, -0.15) is 0 Å². The fraction of sp³-hybridized carbons (Fsp3) is 0.923. The van der Waals surface area contributed by atoms with E-state index in [9.17, 15) is 4.79 Å². The lowest BCUT2D eigenvalue weighted by Gasteiger charge is -2.35. The van der Waals surface area contributed by atoms with E-state index in [1.165, 1.54) is 0 Å². The lowest BCUT2D eigenvalue weighted by Crippen LogP contribution is -2.49. The highest BCUT2D eigenvalue weighted by Crippen LogP contribution is 2.14. The fourth-order valence-corrected chi connectivity index (χ4v) is 2.08. The van der Waals surface area contributed by atoms with Gasteiger partial charge in [-0.25, -0.2) is 0 Å². The SMILES string of the molecule is CN(C)C1CCN(C(=O)CNC(C)(C)C)CC1. The summed E-state index contributed by atoms with van der Waals surface area (Å²) in [5.74, 6) is 0.233. The number of carbonyl (C=O) groups excluding carboxylic acids is 1. The highest BCUT2D eigenvalue weighted by molar-refractivity contribution is 5.78. The number of hydrogen-bond donors (Lipinski definition) is 1. The molecule has 1 fully saturated rings. The number of likely N-dealkylation sites (tertiary alicyclic amines) is 1. The summed E-state index contributed by atoms with van der Waals surface area (Å²) in [6.07, 6.45) is 2.18. The van der Waals surface area contributed by atoms with E-state index < -0.39 is 0 Å². The summed E-state index contributed by atoms with van der Waals surface area (Å²) < 4.78 is 0. The summed E-state index contributed by atoms with van der Waals surface area (Å²) >= 11 is 0. The molecule has 0 bridgehead atoms. The molecule has 17 heavy (non-hydrogen) atoms. The van der Waals surface area contributed by atoms with Crippen molar-refractivity contribution in [2.24, 2.45) is 0 Å². The van der Waals surface area contributed by atoms with E-state index >= 15 is 0 Å². The van der Waals surface area contributed by atoms with Crippen LogP contribution >= 0.6 is 0 Å². The Balaban J connectivity index is 2.31. The van der Waals surface area contributed by atoms with Gasteiger partial charge >= 0.3 is 0 Å². The number of carbonyl (C=O) groups is 1. The van der Waals surface area contributed by atoms with Crippen LogP contribution in [0, 0.1) is 0 Å². The van der Waals surface area contributed by atoms with Crippen molar-refractivity contribution >= 4 is 5.91 Å². The summed E-state index contributed by atoms with van der Waals surface area (Å²) in [5, 5.41) is 3.25. The van der Waals surface area contributed by atoms with Crippen LogP contribution in [0.15, 0.2) is 0 Å². The highest BCUT2D eigenvalue weighted by atomic mass is 16.2. The maximum absolute atomic E-state index is 12.0. The molecule has 0 aromatic carbocycles. The van der Waals surface area contributed by atoms with Crippen LogP contribution in [0.1, 0.15) is 33.6 Å². The summed E-state index contributed by atoms with van der Waals surface area (Å²) in [7, 11) is 4.23. The van der Waals surface area contributed by atoms with E-state index in [0.29, 0.717) is 12.6 Å². The van der Waals surface area contributed by atoms with Crippen molar-refractivity contribution in [3.8, 4) is 0 Å². The standard InChI is InChI=1S/C13H27N3O/c1-13(2,3)14-10-12(17)16-8-6-11(7-9-16)15(4)5/h11,14H,6-10H2,1-5H3. The molecule has 0 radical (unpaired) electrons. The molecule has 1 aliphatic rings. The van der Waals surface area contributed by atoms with Crippen molar-refractivity contribution in [3.05, 3.63) is 0 Å². The van der Waals surface area contributed by atoms with Crippen molar-refractivity contribution in [1.29, 1.82) is 0 Å². The van der Waals surface area contributed by atoms with Crippen molar-refractivity contribution in [3.63, 3.8) is 0 Å². The molecule has 1 aliphatic heterocycles. The van der Waals surface area contributed by atoms with E-state index in [2.05, 4.69) is 45.1 Å². The molecule has 4 heteroatoms. The molecular weight excluding hydrogens is 214 g/mol. The predicted octanol–water partition coefficient (Wildman–Crippen LogP) is 0.927. The van der Waals surface area contributed by atoms with E-state index in [1.54, 1.807) is 0 Å². The van der Waals surface area contributed by atoms with Crippen LogP contribution < -0.4 is 5.32 Å². The molecule has 1 amide bonds. The van der Waals surface area contributed by atoms with Crippen LogP contribution in [0.2, 0.25) is 0 Å². The van der Waals surface area contributed by atoms with Crippen LogP contribution in [0.5, 0.6) is 0 Å². The molecule has 1 N–H and O–H groups in total. The van der Waals surface area contributed by atoms with Crippen molar-refractivity contribution in [2.75, 3.05) is 33.7 Å². The number of nitrogens with zero attached hydrogens (tertiary/aromatic N) is 2. The lowest BCUT2D eigenvalue weighted by atomic mass is 10.0. The molecule has 0 spiro atoms. The third-order valence-corrected chi connectivity index (χ3v) is 3.32. The molecule has 1 rings (SSSR count). The van der Waals surface area contributed by atoms with Gasteiger partial charge in [0.15, 0.2) is 0 Å². The topological polar surface area (TPSA) is 35.6 Å². The monoisotopic (exact) mass is 241 g/mol. The van der Waals surface area contributed by atoms with Crippen LogP contribution in [0.4, 0.5) is 0 Å². The van der Waals surface area contributed by atoms with Gasteiger partial charge in [-0.1, -0.05) is 0 Å². The van der Waals surface area contributed by atoms with Gasteiger partial charge in [0.1, 0.15) is 0 Å². The maximum Gasteiger partial charge on any atom is 0.236 e. The van der Waals surface area contributed by atoms with E-state index in [-0.39, 0.29) is 11.4 Å². The van der Waals surface area contributed by atoms with Gasteiger partial charge in [0.05, 0.1) is 6.54 Å². The number of hydrogen-bond acceptors (Lipinski definition) is 3. The molecule has 0 aromatic heterocycles. The molecule has 100 valence electrons. The third-order valence-electron chi connectivity index (χ3n) is 3.32. The minimum absolute atomic E-state index is 0.0115. The second-order valence-corrected chi connectivity index (χ2v) is 6.18. The van der Waals surface area contributed by atoms with Gasteiger partial charge in [0.25, 0.3) is 0 Å². The molecule has 4 nitrogen and oxygen atoms in total. The second kappa shape index (κ2) is 5.83. The first kappa shape index (κ1) is 14.5. The predicted molar refractivity (Wildman–Crippen MR) is 71.0 cm³/mol. The maximum atomic E-state index is 12.0. The summed E-state index contributed by atoms with van der Waals surface area (Å²) in [4.78, 5) is 16.2. The first-order valence-electron chi connectivity index (χ1n) is 6.49. The number of piperidine rings is 1. The number of nitrogens with one attached hydrogen (secondary N) is 1. The van der Waals surface area contributed by atoms with E-state index in [1.807, 2.05) is 4.90 Å². The Morgan fingerprint density at radius 3 is 2.24 bits per heavy atom. The molecular formula is C13H27N3O. The molecule has 0 aromatic rings. The Hall–Kier alpha value is -0.610. The zero-order valence-corrected chi connectivity index (χ0v) is 11.9. The molecule has 1 saturated heterocycles. The zero-order valence-electron chi connectivity index (χ0n) is 11.9. The summed E-state index contributed by atoms with van der Waals surface area (Å²) in [6.45, 7) is 8.49. The fourth-order valence-electron chi connectivity index (χ4n) is 2.08. The van der Waals surface area contributed by atoms with Gasteiger partial charge in [-0.15, -0.1) is 0 Å². The zero-order chi connectivity index (χ0) is 13.1. The minimum atomic E-state index is 0.0115. The largest absolute Gasteiger partial charge is 0.341 e. The lowest BCUT2D eigenvalue weighted by molar-refractivity contribution is -0.132. The van der Waals surface area contributed by atoms with Gasteiger partial charge in [-0.3, -0.25) is 4.79 Å². The molecule has 0 unspecified atom stereocenters. The van der Waals surface area contributed by atoms with Gasteiger partial charge in [-0.05, 0) is 47.7 Å². The van der Waals surface area contributed by atoms with Crippen LogP contribution in [0.3, 0.4) is 0 Å². The average Bonchev–Trinajstić information content (AvgIpc) is 2.25. The molecule has 0 saturated carbocycles. The van der Waals surface area contributed by atoms with Crippen molar-refractivity contribution in [2.45, 2.75) is 45.2 Å². The Morgan fingerprint density at radius 2 is 1.82 bits per heavy atom. The smallest absolute Gasteiger partial charge is 0.236 e. The molecule has 0 atom stereocenters. The van der Waals surface area contributed by atoms with E-state index in [0.717, 1.165) is 25.9 Å². The summed E-state index contributed by atoms with van der Waals surface area (Å²) in [6, 6.07) is 0.634. The van der Waals surface area contributed by atoms with Gasteiger partial charge < -0.3 is 15.1 Å². The highest BCUT2D eigenvalue weighted by Gasteiger charge is 2.24. The Kier molecular flexibility index (Phi) is 4.95. The van der Waals surface area contributed by atoms with Crippen LogP contribution in [0.25, 0.3) is 0 Å². The second-order valence-electron chi connectivity index (χ2n) is 6.18. The number of rotatable bonds is 3. The Bertz CT molecular complexity index is 250. The van der Waals surface area contributed by atoms with Crippen LogP contribution in [-0.2, 0) is 4.79 Å².